The number of hydrogen-bond acceptors (Lipinski definition) is 6. The molecule has 2 aromatic rings. The van der Waals surface area contributed by atoms with E-state index in [1.165, 1.54) is 10.4 Å². The predicted octanol–water partition coefficient (Wildman–Crippen LogP) is 2.57. The Bertz CT molecular complexity index is 761. The fraction of sp³-hybridized carbons (Fsp3) is 0.684. The lowest BCUT2D eigenvalue weighted by molar-refractivity contribution is 0.0699. The number of aliphatic hydroxyl groups excluding tert-OH is 1. The second-order valence-electron chi connectivity index (χ2n) is 7.91. The number of fused-ring (bicyclic) bond motifs is 1. The molecule has 2 aliphatic heterocycles. The molecule has 2 aromatic heterocycles. The first-order valence-electron chi connectivity index (χ1n) is 9.77. The van der Waals surface area contributed by atoms with E-state index in [9.17, 15) is 5.11 Å². The standard InChI is InChI=1S/C19H26N4O2S/c24-16-8-15(9-16)18-20-21-19(23(18)10-13-3-6-25-12-13)22-5-1-2-17-14(11-22)4-7-26-17/h4,7,13,15-16,24H,1-3,5-6,8-12H2. The van der Waals surface area contributed by atoms with E-state index in [4.69, 9.17) is 4.74 Å². The van der Waals surface area contributed by atoms with Crippen molar-refractivity contribution in [1.82, 2.24) is 14.8 Å². The summed E-state index contributed by atoms with van der Waals surface area (Å²) in [5, 5.41) is 21.2. The van der Waals surface area contributed by atoms with Gasteiger partial charge in [-0.1, -0.05) is 0 Å². The lowest BCUT2D eigenvalue weighted by Gasteiger charge is -2.32. The monoisotopic (exact) mass is 374 g/mol. The zero-order chi connectivity index (χ0) is 17.5. The zero-order valence-electron chi connectivity index (χ0n) is 15.0. The van der Waals surface area contributed by atoms with Gasteiger partial charge in [-0.25, -0.2) is 0 Å². The van der Waals surface area contributed by atoms with E-state index >= 15 is 0 Å². The topological polar surface area (TPSA) is 63.4 Å². The molecule has 1 saturated heterocycles. The van der Waals surface area contributed by atoms with Crippen LogP contribution >= 0.6 is 11.3 Å². The number of hydrogen-bond donors (Lipinski definition) is 1. The first-order valence-corrected chi connectivity index (χ1v) is 10.6. The molecule has 0 amide bonds. The van der Waals surface area contributed by atoms with Crippen LogP contribution in [0.1, 0.15) is 47.9 Å². The highest BCUT2D eigenvalue weighted by atomic mass is 32.1. The number of thiophene rings is 1. The second kappa shape index (κ2) is 6.94. The number of ether oxygens (including phenoxy) is 1. The molecular formula is C19H26N4O2S. The Balaban J connectivity index is 1.45. The Morgan fingerprint density at radius 1 is 1.31 bits per heavy atom. The van der Waals surface area contributed by atoms with Gasteiger partial charge in [0.05, 0.1) is 12.7 Å². The Morgan fingerprint density at radius 3 is 3.04 bits per heavy atom. The van der Waals surface area contributed by atoms with Gasteiger partial charge >= 0.3 is 0 Å². The van der Waals surface area contributed by atoms with E-state index in [0.29, 0.717) is 11.8 Å². The highest BCUT2D eigenvalue weighted by Crippen LogP contribution is 2.38. The van der Waals surface area contributed by atoms with Crippen LogP contribution in [0.5, 0.6) is 0 Å². The molecule has 7 heteroatoms. The second-order valence-corrected chi connectivity index (χ2v) is 8.92. The quantitative estimate of drug-likeness (QED) is 0.891. The van der Waals surface area contributed by atoms with Crippen LogP contribution in [0.15, 0.2) is 11.4 Å². The number of rotatable bonds is 4. The average Bonchev–Trinajstić information content (AvgIpc) is 3.33. The molecule has 1 saturated carbocycles. The molecule has 5 rings (SSSR count). The average molecular weight is 375 g/mol. The van der Waals surface area contributed by atoms with Crippen molar-refractivity contribution in [2.24, 2.45) is 5.92 Å². The zero-order valence-corrected chi connectivity index (χ0v) is 15.8. The Labute approximate surface area is 157 Å². The molecule has 0 aromatic carbocycles. The number of aliphatic hydroxyl groups is 1. The molecule has 26 heavy (non-hydrogen) atoms. The van der Waals surface area contributed by atoms with Gasteiger partial charge in [0.25, 0.3) is 0 Å². The molecular weight excluding hydrogens is 348 g/mol. The molecule has 3 aliphatic rings. The largest absolute Gasteiger partial charge is 0.393 e. The normalized spacial score (nSPS) is 28.7. The molecule has 6 nitrogen and oxygen atoms in total. The molecule has 2 fully saturated rings. The van der Waals surface area contributed by atoms with E-state index < -0.39 is 0 Å². The van der Waals surface area contributed by atoms with E-state index in [1.807, 2.05) is 11.3 Å². The van der Waals surface area contributed by atoms with Crippen LogP contribution in [-0.2, 0) is 24.2 Å². The summed E-state index contributed by atoms with van der Waals surface area (Å²) < 4.78 is 7.94. The minimum atomic E-state index is -0.171. The van der Waals surface area contributed by atoms with Crippen LogP contribution < -0.4 is 4.90 Å². The minimum Gasteiger partial charge on any atom is -0.393 e. The van der Waals surface area contributed by atoms with Crippen LogP contribution in [0.25, 0.3) is 0 Å². The van der Waals surface area contributed by atoms with Gasteiger partial charge in [0.1, 0.15) is 5.82 Å². The summed E-state index contributed by atoms with van der Waals surface area (Å²) in [6, 6.07) is 2.26. The molecule has 1 atom stereocenters. The summed E-state index contributed by atoms with van der Waals surface area (Å²) in [7, 11) is 0. The van der Waals surface area contributed by atoms with Crippen molar-refractivity contribution in [2.45, 2.75) is 57.2 Å². The van der Waals surface area contributed by atoms with Crippen molar-refractivity contribution in [3.63, 3.8) is 0 Å². The van der Waals surface area contributed by atoms with Crippen molar-refractivity contribution in [2.75, 3.05) is 24.7 Å². The van der Waals surface area contributed by atoms with Gasteiger partial charge in [-0.3, -0.25) is 4.57 Å². The van der Waals surface area contributed by atoms with Crippen LogP contribution in [0.3, 0.4) is 0 Å². The van der Waals surface area contributed by atoms with E-state index in [-0.39, 0.29) is 6.10 Å². The van der Waals surface area contributed by atoms with Crippen molar-refractivity contribution < 1.29 is 9.84 Å². The van der Waals surface area contributed by atoms with Crippen LogP contribution in [-0.4, -0.2) is 45.7 Å². The lowest BCUT2D eigenvalue weighted by Crippen LogP contribution is -2.31. The molecule has 1 aliphatic carbocycles. The van der Waals surface area contributed by atoms with Crippen molar-refractivity contribution in [3.8, 4) is 0 Å². The summed E-state index contributed by atoms with van der Waals surface area (Å²) in [6.07, 6.45) is 4.89. The predicted molar refractivity (Wildman–Crippen MR) is 101 cm³/mol. The van der Waals surface area contributed by atoms with Crippen molar-refractivity contribution in [3.05, 3.63) is 27.7 Å². The fourth-order valence-corrected chi connectivity index (χ4v) is 5.36. The highest BCUT2D eigenvalue weighted by molar-refractivity contribution is 7.10. The number of anilines is 1. The maximum absolute atomic E-state index is 9.75. The number of nitrogens with zero attached hydrogens (tertiary/aromatic N) is 4. The number of aromatic nitrogens is 3. The first-order chi connectivity index (χ1) is 12.8. The third-order valence-corrected chi connectivity index (χ3v) is 7.04. The molecule has 4 heterocycles. The molecule has 0 radical (unpaired) electrons. The van der Waals surface area contributed by atoms with Crippen LogP contribution in [0.2, 0.25) is 0 Å². The van der Waals surface area contributed by atoms with Gasteiger partial charge in [-0.2, -0.15) is 0 Å². The first kappa shape index (κ1) is 16.7. The van der Waals surface area contributed by atoms with Crippen LogP contribution in [0.4, 0.5) is 5.95 Å². The van der Waals surface area contributed by atoms with Crippen molar-refractivity contribution in [1.29, 1.82) is 0 Å². The van der Waals surface area contributed by atoms with Crippen molar-refractivity contribution >= 4 is 17.3 Å². The van der Waals surface area contributed by atoms with Gasteiger partial charge < -0.3 is 14.7 Å². The summed E-state index contributed by atoms with van der Waals surface area (Å²) in [6.45, 7) is 4.57. The summed E-state index contributed by atoms with van der Waals surface area (Å²) in [5.41, 5.74) is 1.44. The van der Waals surface area contributed by atoms with E-state index in [0.717, 1.165) is 76.7 Å². The highest BCUT2D eigenvalue weighted by Gasteiger charge is 2.35. The number of aryl methyl sites for hydroxylation is 1. The molecule has 0 spiro atoms. The van der Waals surface area contributed by atoms with Gasteiger partial charge in [0.15, 0.2) is 0 Å². The Hall–Kier alpha value is -1.44. The Morgan fingerprint density at radius 2 is 2.23 bits per heavy atom. The smallest absolute Gasteiger partial charge is 0.227 e. The maximum Gasteiger partial charge on any atom is 0.227 e. The Kier molecular flexibility index (Phi) is 4.46. The van der Waals surface area contributed by atoms with Gasteiger partial charge in [0.2, 0.25) is 5.95 Å². The fourth-order valence-electron chi connectivity index (χ4n) is 4.41. The molecule has 0 bridgehead atoms. The van der Waals surface area contributed by atoms with Crippen LogP contribution in [0, 0.1) is 5.92 Å². The van der Waals surface area contributed by atoms with Gasteiger partial charge in [-0.05, 0) is 49.1 Å². The third kappa shape index (κ3) is 3.06. The summed E-state index contributed by atoms with van der Waals surface area (Å²) in [4.78, 5) is 3.92. The minimum absolute atomic E-state index is 0.171. The lowest BCUT2D eigenvalue weighted by atomic mass is 9.82. The molecule has 1 N–H and O–H groups in total. The van der Waals surface area contributed by atoms with E-state index in [1.54, 1.807) is 0 Å². The maximum atomic E-state index is 9.75. The van der Waals surface area contributed by atoms with E-state index in [2.05, 4.69) is 31.1 Å². The summed E-state index contributed by atoms with van der Waals surface area (Å²) in [5.74, 6) is 2.95. The van der Waals surface area contributed by atoms with Gasteiger partial charge in [-0.15, -0.1) is 21.5 Å². The summed E-state index contributed by atoms with van der Waals surface area (Å²) >= 11 is 1.88. The third-order valence-electron chi connectivity index (χ3n) is 6.02. The molecule has 1 unspecified atom stereocenters. The molecule has 140 valence electrons. The SMILES string of the molecule is OC1CC(c2nnc(N3CCCc4sccc4C3)n2CC2CCOC2)C1. The van der Waals surface area contributed by atoms with Gasteiger partial charge in [0, 0.05) is 43.0 Å².